The van der Waals surface area contributed by atoms with Gasteiger partial charge < -0.3 is 20.1 Å². The molecule has 2 atom stereocenters. The first kappa shape index (κ1) is 22.7. The predicted octanol–water partition coefficient (Wildman–Crippen LogP) is 2.54. The maximum absolute atomic E-state index is 12.5. The summed E-state index contributed by atoms with van der Waals surface area (Å²) in [4.78, 5) is 24.6. The van der Waals surface area contributed by atoms with Gasteiger partial charge in [-0.2, -0.15) is 10.2 Å². The molecule has 4 aliphatic rings. The molecular weight excluding hydrogens is 461 g/mol. The number of H-pyrrole nitrogens is 1. The summed E-state index contributed by atoms with van der Waals surface area (Å²) in [5.41, 5.74) is 0.518. The molecule has 2 aromatic rings. The molecule has 2 amide bonds. The number of nitrogens with zero attached hydrogens (tertiary/aromatic N) is 3. The molecule has 3 heterocycles. The first-order valence-electron chi connectivity index (χ1n) is 10.8. The Morgan fingerprint density at radius 2 is 2.09 bits per heavy atom. The second-order valence-corrected chi connectivity index (χ2v) is 9.01. The highest BCUT2D eigenvalue weighted by Gasteiger charge is 2.57. The minimum Gasteiger partial charge on any atom is -0.444 e. The van der Waals surface area contributed by atoms with E-state index in [0.29, 0.717) is 12.1 Å². The number of alkyl halides is 3. The summed E-state index contributed by atoms with van der Waals surface area (Å²) in [5.74, 6) is 0.339. The third-order valence-electron chi connectivity index (χ3n) is 6.37. The van der Waals surface area contributed by atoms with Crippen LogP contribution in [0.15, 0.2) is 12.1 Å². The van der Waals surface area contributed by atoms with E-state index in [1.807, 2.05) is 0 Å². The smallest absolute Gasteiger partial charge is 0.444 e. The first-order chi connectivity index (χ1) is 16.1. The van der Waals surface area contributed by atoms with Crippen molar-refractivity contribution in [2.24, 2.45) is 13.0 Å². The number of aromatic amines is 1. The van der Waals surface area contributed by atoms with Crippen molar-refractivity contribution in [2.75, 3.05) is 11.9 Å². The molecule has 3 saturated carbocycles. The van der Waals surface area contributed by atoms with Crippen molar-refractivity contribution >= 4 is 17.8 Å². The number of rotatable bonds is 7. The fourth-order valence-electron chi connectivity index (χ4n) is 4.64. The van der Waals surface area contributed by atoms with Crippen LogP contribution in [0.25, 0.3) is 0 Å². The van der Waals surface area contributed by atoms with Crippen LogP contribution in [-0.4, -0.2) is 56.6 Å². The standard InChI is InChI=1S/C20H23F3N6O5/c1-29-14(2-11(28-29)8-33-20(21,22)23)17(30)24-16-4-13(26-27-16)15-3-12(9-32-15)34-18(31)25-19-5-10(6-19)7-19/h2,4,10,12,15H,3,5-9H2,1H3,(H,25,31)(H2,24,26,27,30)/t10?,12-,15-,19?/m1/s1. The largest absolute Gasteiger partial charge is 0.522 e. The summed E-state index contributed by atoms with van der Waals surface area (Å²) in [5, 5.41) is 16.2. The SMILES string of the molecule is Cn1nc(COC(F)(F)F)cc1C(=O)Nc1cc([C@H]2C[C@@H](OC(=O)NC34CC(C3)C4)CO2)[nH]n1. The molecule has 34 heavy (non-hydrogen) atoms. The Balaban J connectivity index is 1.12. The number of alkyl carbamates (subject to hydrolysis) is 1. The zero-order chi connectivity index (χ0) is 24.1. The molecule has 0 unspecified atom stereocenters. The number of hydrogen-bond acceptors (Lipinski definition) is 7. The quantitative estimate of drug-likeness (QED) is 0.550. The van der Waals surface area contributed by atoms with Crippen LogP contribution in [0.1, 0.15) is 53.7 Å². The first-order valence-corrected chi connectivity index (χ1v) is 10.8. The lowest BCUT2D eigenvalue weighted by Gasteiger charge is -2.61. The molecule has 0 radical (unpaired) electrons. The third-order valence-corrected chi connectivity index (χ3v) is 6.37. The lowest BCUT2D eigenvalue weighted by Crippen LogP contribution is -2.68. The van der Waals surface area contributed by atoms with Crippen molar-refractivity contribution in [3.63, 3.8) is 0 Å². The monoisotopic (exact) mass is 484 g/mol. The number of hydrogen-bond donors (Lipinski definition) is 3. The van der Waals surface area contributed by atoms with Crippen molar-refractivity contribution in [3.05, 3.63) is 29.2 Å². The number of carbonyl (C=O) groups is 2. The van der Waals surface area contributed by atoms with E-state index >= 15 is 0 Å². The van der Waals surface area contributed by atoms with E-state index < -0.39 is 37.2 Å². The Morgan fingerprint density at radius 1 is 1.32 bits per heavy atom. The summed E-state index contributed by atoms with van der Waals surface area (Å²) in [6, 6.07) is 2.78. The molecular formula is C20H23F3N6O5. The molecule has 4 fully saturated rings. The van der Waals surface area contributed by atoms with Gasteiger partial charge in [0.15, 0.2) is 5.82 Å². The van der Waals surface area contributed by atoms with Crippen LogP contribution >= 0.6 is 0 Å². The van der Waals surface area contributed by atoms with Gasteiger partial charge in [0.2, 0.25) is 0 Å². The number of aryl methyl sites for hydroxylation is 1. The Kier molecular flexibility index (Phi) is 5.51. The fraction of sp³-hybridized carbons (Fsp3) is 0.600. The lowest BCUT2D eigenvalue weighted by atomic mass is 9.50. The molecule has 2 aromatic heterocycles. The van der Waals surface area contributed by atoms with Gasteiger partial charge in [-0.3, -0.25) is 19.3 Å². The van der Waals surface area contributed by atoms with Crippen molar-refractivity contribution in [1.29, 1.82) is 0 Å². The van der Waals surface area contributed by atoms with Gasteiger partial charge >= 0.3 is 12.5 Å². The molecule has 11 nitrogen and oxygen atoms in total. The highest BCUT2D eigenvalue weighted by molar-refractivity contribution is 6.02. The Labute approximate surface area is 191 Å². The van der Waals surface area contributed by atoms with Crippen molar-refractivity contribution in [2.45, 2.75) is 56.4 Å². The predicted molar refractivity (Wildman–Crippen MR) is 107 cm³/mol. The Hall–Kier alpha value is -3.13. The number of anilines is 1. The van der Waals surface area contributed by atoms with E-state index in [0.717, 1.165) is 29.9 Å². The number of halogens is 3. The van der Waals surface area contributed by atoms with Crippen LogP contribution in [0, 0.1) is 5.92 Å². The van der Waals surface area contributed by atoms with Gasteiger partial charge in [0.1, 0.15) is 24.5 Å². The van der Waals surface area contributed by atoms with Gasteiger partial charge in [-0.05, 0) is 31.2 Å². The molecule has 1 aliphatic heterocycles. The zero-order valence-corrected chi connectivity index (χ0v) is 18.1. The highest BCUT2D eigenvalue weighted by atomic mass is 19.4. The lowest BCUT2D eigenvalue weighted by molar-refractivity contribution is -0.330. The number of aromatic nitrogens is 4. The number of nitrogens with one attached hydrogen (secondary N) is 3. The van der Waals surface area contributed by atoms with Crippen LogP contribution in [0.4, 0.5) is 23.8 Å². The van der Waals surface area contributed by atoms with Gasteiger partial charge in [-0.1, -0.05) is 0 Å². The zero-order valence-electron chi connectivity index (χ0n) is 18.1. The molecule has 0 aromatic carbocycles. The van der Waals surface area contributed by atoms with Gasteiger partial charge in [-0.25, -0.2) is 4.79 Å². The number of amides is 2. The van der Waals surface area contributed by atoms with Crippen molar-refractivity contribution in [3.8, 4) is 0 Å². The van der Waals surface area contributed by atoms with Gasteiger partial charge in [-0.15, -0.1) is 13.2 Å². The molecule has 1 saturated heterocycles. The van der Waals surface area contributed by atoms with E-state index in [2.05, 4.69) is 30.7 Å². The minimum absolute atomic E-state index is 0.0330. The molecule has 2 bridgehead atoms. The van der Waals surface area contributed by atoms with Crippen LogP contribution in [-0.2, 0) is 27.9 Å². The fourth-order valence-corrected chi connectivity index (χ4v) is 4.64. The normalized spacial score (nSPS) is 27.6. The van der Waals surface area contributed by atoms with Crippen molar-refractivity contribution in [1.82, 2.24) is 25.3 Å². The third kappa shape index (κ3) is 4.73. The molecule has 0 spiro atoms. The average molecular weight is 484 g/mol. The van der Waals surface area contributed by atoms with E-state index in [-0.39, 0.29) is 29.4 Å². The van der Waals surface area contributed by atoms with Gasteiger partial charge in [0.05, 0.1) is 18.0 Å². The number of carbonyl (C=O) groups excluding carboxylic acids is 2. The topological polar surface area (TPSA) is 132 Å². The molecule has 6 rings (SSSR count). The molecule has 3 aliphatic carbocycles. The van der Waals surface area contributed by atoms with Crippen LogP contribution < -0.4 is 10.6 Å². The summed E-state index contributed by atoms with van der Waals surface area (Å²) in [6.45, 7) is -0.564. The van der Waals surface area contributed by atoms with E-state index in [9.17, 15) is 22.8 Å². The molecule has 184 valence electrons. The van der Waals surface area contributed by atoms with E-state index in [4.69, 9.17) is 9.47 Å². The van der Waals surface area contributed by atoms with Gasteiger partial charge in [0, 0.05) is 25.1 Å². The highest BCUT2D eigenvalue weighted by Crippen LogP contribution is 2.56. The van der Waals surface area contributed by atoms with Crippen LogP contribution in [0.2, 0.25) is 0 Å². The summed E-state index contributed by atoms with van der Waals surface area (Å²) in [6.07, 6.45) is -2.51. The summed E-state index contributed by atoms with van der Waals surface area (Å²) >= 11 is 0. The van der Waals surface area contributed by atoms with Crippen molar-refractivity contribution < 1.29 is 37.0 Å². The van der Waals surface area contributed by atoms with E-state index in [1.165, 1.54) is 13.1 Å². The maximum Gasteiger partial charge on any atom is 0.522 e. The number of ether oxygens (including phenoxy) is 3. The Bertz CT molecular complexity index is 1080. The molecule has 14 heteroatoms. The average Bonchev–Trinajstić information content (AvgIpc) is 3.41. The van der Waals surface area contributed by atoms with Gasteiger partial charge in [0.25, 0.3) is 5.91 Å². The van der Waals surface area contributed by atoms with Crippen LogP contribution in [0.5, 0.6) is 0 Å². The summed E-state index contributed by atoms with van der Waals surface area (Å²) < 4.78 is 52.7. The maximum atomic E-state index is 12.5. The Morgan fingerprint density at radius 3 is 2.76 bits per heavy atom. The molecule has 3 N–H and O–H groups in total. The van der Waals surface area contributed by atoms with E-state index in [1.54, 1.807) is 6.07 Å². The van der Waals surface area contributed by atoms with Crippen LogP contribution in [0.3, 0.4) is 0 Å². The second-order valence-electron chi connectivity index (χ2n) is 9.01. The summed E-state index contributed by atoms with van der Waals surface area (Å²) in [7, 11) is 1.43. The minimum atomic E-state index is -4.79. The second kappa shape index (κ2) is 8.27.